The maximum atomic E-state index is 12.7. The molecule has 25 heavy (non-hydrogen) atoms. The lowest BCUT2D eigenvalue weighted by molar-refractivity contribution is 0.0852. The van der Waals surface area contributed by atoms with Gasteiger partial charge in [0, 0.05) is 5.70 Å². The summed E-state index contributed by atoms with van der Waals surface area (Å²) in [5.41, 5.74) is 2.70. The molecule has 0 saturated heterocycles. The Balaban J connectivity index is 2.01. The van der Waals surface area contributed by atoms with Crippen LogP contribution in [-0.2, 0) is 0 Å². The van der Waals surface area contributed by atoms with Crippen LogP contribution in [0.4, 0.5) is 0 Å². The van der Waals surface area contributed by atoms with Gasteiger partial charge in [-0.2, -0.15) is 5.26 Å². The van der Waals surface area contributed by atoms with E-state index in [0.717, 1.165) is 16.8 Å². The quantitative estimate of drug-likeness (QED) is 0.892. The number of amides is 1. The van der Waals surface area contributed by atoms with Crippen molar-refractivity contribution in [2.24, 2.45) is 5.92 Å². The van der Waals surface area contributed by atoms with Crippen LogP contribution in [0.5, 0.6) is 0 Å². The van der Waals surface area contributed by atoms with Crippen molar-refractivity contribution < 1.29 is 6.17 Å². The molecule has 1 aliphatic rings. The standard InChI is InChI=1S/C20H21N3OS/c1-13-14(2)23(15(3)16-8-5-4-6-9-16)19(17(13)12-21)22-20(24)18-10-7-11-25-18/h4-11,15,17,19H,1-3H3,(H,22,24)/i19D. The maximum Gasteiger partial charge on any atom is 0.262 e. The van der Waals surface area contributed by atoms with Gasteiger partial charge in [-0.15, -0.1) is 11.3 Å². The minimum Gasteiger partial charge on any atom is -0.347 e. The number of carbonyl (C=O) groups is 1. The molecule has 1 aliphatic heterocycles. The predicted molar refractivity (Wildman–Crippen MR) is 99.7 cm³/mol. The number of carbonyl (C=O) groups excluding carboxylic acids is 1. The average molecular weight is 352 g/mol. The highest BCUT2D eigenvalue weighted by molar-refractivity contribution is 7.12. The molecule has 0 radical (unpaired) electrons. The first-order chi connectivity index (χ1) is 12.4. The molecule has 3 rings (SSSR count). The van der Waals surface area contributed by atoms with E-state index in [1.165, 1.54) is 11.3 Å². The van der Waals surface area contributed by atoms with E-state index in [1.807, 2.05) is 61.4 Å². The van der Waals surface area contributed by atoms with Crippen LogP contribution in [0, 0.1) is 17.2 Å². The molecule has 3 atom stereocenters. The Morgan fingerprint density at radius 2 is 2.04 bits per heavy atom. The highest BCUT2D eigenvalue weighted by Crippen LogP contribution is 2.38. The summed E-state index contributed by atoms with van der Waals surface area (Å²) in [4.78, 5) is 15.0. The van der Waals surface area contributed by atoms with Gasteiger partial charge in [0.15, 0.2) is 0 Å². The molecule has 0 saturated carbocycles. The van der Waals surface area contributed by atoms with Gasteiger partial charge < -0.3 is 10.2 Å². The number of hydrogen-bond donors (Lipinski definition) is 1. The summed E-state index contributed by atoms with van der Waals surface area (Å²) in [6, 6.07) is 15.4. The molecule has 0 bridgehead atoms. The molecule has 2 heterocycles. The lowest BCUT2D eigenvalue weighted by atomic mass is 10.0. The summed E-state index contributed by atoms with van der Waals surface area (Å²) in [5, 5.41) is 14.4. The van der Waals surface area contributed by atoms with Crippen molar-refractivity contribution in [1.29, 1.82) is 5.26 Å². The van der Waals surface area contributed by atoms with E-state index in [-0.39, 0.29) is 11.9 Å². The van der Waals surface area contributed by atoms with Gasteiger partial charge in [-0.3, -0.25) is 4.79 Å². The van der Waals surface area contributed by atoms with Crippen molar-refractivity contribution in [3.05, 3.63) is 69.6 Å². The minimum atomic E-state index is -1.56. The van der Waals surface area contributed by atoms with Crippen molar-refractivity contribution in [3.8, 4) is 6.07 Å². The fourth-order valence-electron chi connectivity index (χ4n) is 3.18. The molecule has 1 aromatic carbocycles. The van der Waals surface area contributed by atoms with E-state index in [1.54, 1.807) is 12.1 Å². The Kier molecular flexibility index (Phi) is 4.53. The smallest absolute Gasteiger partial charge is 0.262 e. The number of allylic oxidation sites excluding steroid dienone is 1. The van der Waals surface area contributed by atoms with Gasteiger partial charge >= 0.3 is 0 Å². The third-order valence-corrected chi connectivity index (χ3v) is 5.55. The summed E-state index contributed by atoms with van der Waals surface area (Å²) in [6.45, 7) is 5.76. The minimum absolute atomic E-state index is 0.161. The van der Waals surface area contributed by atoms with E-state index in [9.17, 15) is 10.1 Å². The number of nitrogens with one attached hydrogen (secondary N) is 1. The highest BCUT2D eigenvalue weighted by Gasteiger charge is 2.40. The first-order valence-electron chi connectivity index (χ1n) is 8.67. The van der Waals surface area contributed by atoms with Gasteiger partial charge in [0.2, 0.25) is 0 Å². The maximum absolute atomic E-state index is 12.7. The van der Waals surface area contributed by atoms with Gasteiger partial charge in [-0.1, -0.05) is 36.4 Å². The molecule has 1 N–H and O–H groups in total. The lowest BCUT2D eigenvalue weighted by Gasteiger charge is -2.36. The topological polar surface area (TPSA) is 56.1 Å². The Morgan fingerprint density at radius 3 is 2.64 bits per heavy atom. The summed E-state index contributed by atoms with van der Waals surface area (Å²) in [7, 11) is 0. The largest absolute Gasteiger partial charge is 0.347 e. The van der Waals surface area contributed by atoms with Crippen LogP contribution in [-0.4, -0.2) is 16.9 Å². The van der Waals surface area contributed by atoms with Gasteiger partial charge in [-0.05, 0) is 43.4 Å². The fourth-order valence-corrected chi connectivity index (χ4v) is 3.80. The molecule has 0 spiro atoms. The number of thiophene rings is 1. The SMILES string of the molecule is [2H]C1(NC(=O)c2cccs2)C(C#N)C(C)=C(C)N1C(C)c1ccccc1. The zero-order chi connectivity index (χ0) is 18.9. The van der Waals surface area contributed by atoms with Crippen LogP contribution in [0.25, 0.3) is 0 Å². The molecule has 3 unspecified atom stereocenters. The molecule has 5 heteroatoms. The van der Waals surface area contributed by atoms with Gasteiger partial charge in [0.25, 0.3) is 5.91 Å². The number of hydrogen-bond acceptors (Lipinski definition) is 4. The van der Waals surface area contributed by atoms with E-state index < -0.39 is 12.1 Å². The molecular formula is C20H21N3OS. The van der Waals surface area contributed by atoms with Gasteiger partial charge in [-0.25, -0.2) is 0 Å². The van der Waals surface area contributed by atoms with Crippen molar-refractivity contribution in [2.75, 3.05) is 0 Å². The second-order valence-electron chi connectivity index (χ2n) is 6.10. The van der Waals surface area contributed by atoms with Crippen molar-refractivity contribution in [2.45, 2.75) is 33.0 Å². The number of rotatable bonds is 4. The molecule has 128 valence electrons. The normalized spacial score (nSPS) is 24.6. The Labute approximate surface area is 153 Å². The Morgan fingerprint density at radius 1 is 1.32 bits per heavy atom. The zero-order valence-corrected chi connectivity index (χ0v) is 15.3. The molecule has 0 fully saturated rings. The molecule has 0 aliphatic carbocycles. The molecular weight excluding hydrogens is 330 g/mol. The van der Waals surface area contributed by atoms with Crippen LogP contribution in [0.3, 0.4) is 0 Å². The molecule has 1 amide bonds. The summed E-state index contributed by atoms with van der Waals surface area (Å²) >= 11 is 1.32. The van der Waals surface area contributed by atoms with Crippen molar-refractivity contribution in [1.82, 2.24) is 10.2 Å². The van der Waals surface area contributed by atoms with Crippen LogP contribution < -0.4 is 5.32 Å². The highest BCUT2D eigenvalue weighted by atomic mass is 32.1. The fraction of sp³-hybridized carbons (Fsp3) is 0.300. The first kappa shape index (κ1) is 15.9. The van der Waals surface area contributed by atoms with Gasteiger partial charge in [0.05, 0.1) is 18.4 Å². The summed E-state index contributed by atoms with van der Waals surface area (Å²) in [6.07, 6.45) is -1.56. The second kappa shape index (κ2) is 7.12. The summed E-state index contributed by atoms with van der Waals surface area (Å²) in [5.74, 6) is -1.07. The van der Waals surface area contributed by atoms with E-state index in [2.05, 4.69) is 11.4 Å². The van der Waals surface area contributed by atoms with Crippen LogP contribution in [0.2, 0.25) is 0 Å². The lowest BCUT2D eigenvalue weighted by Crippen LogP contribution is -2.48. The molecule has 2 aromatic rings. The van der Waals surface area contributed by atoms with Crippen molar-refractivity contribution >= 4 is 17.2 Å². The zero-order valence-electron chi connectivity index (χ0n) is 15.5. The summed E-state index contributed by atoms with van der Waals surface area (Å²) < 4.78 is 9.10. The van der Waals surface area contributed by atoms with E-state index in [0.29, 0.717) is 4.88 Å². The Bertz CT molecular complexity index is 872. The Hall–Kier alpha value is -2.58. The molecule has 1 aromatic heterocycles. The first-order valence-corrected chi connectivity index (χ1v) is 9.05. The van der Waals surface area contributed by atoms with Crippen LogP contribution >= 0.6 is 11.3 Å². The monoisotopic (exact) mass is 352 g/mol. The predicted octanol–water partition coefficient (Wildman–Crippen LogP) is 4.31. The molecule has 4 nitrogen and oxygen atoms in total. The average Bonchev–Trinajstić information content (AvgIpc) is 3.22. The number of benzene rings is 1. The second-order valence-corrected chi connectivity index (χ2v) is 7.05. The van der Waals surface area contributed by atoms with E-state index >= 15 is 0 Å². The van der Waals surface area contributed by atoms with Crippen LogP contribution in [0.1, 0.15) is 43.4 Å². The third-order valence-electron chi connectivity index (χ3n) is 4.68. The van der Waals surface area contributed by atoms with Crippen LogP contribution in [0.15, 0.2) is 59.1 Å². The number of nitriles is 1. The van der Waals surface area contributed by atoms with Crippen molar-refractivity contribution in [3.63, 3.8) is 0 Å². The van der Waals surface area contributed by atoms with Gasteiger partial charge in [0.1, 0.15) is 12.1 Å². The number of nitrogens with zero attached hydrogens (tertiary/aromatic N) is 2. The van der Waals surface area contributed by atoms with E-state index in [4.69, 9.17) is 1.37 Å². The third kappa shape index (κ3) is 3.18.